The quantitative estimate of drug-likeness (QED) is 0.0395. The zero-order valence-electron chi connectivity index (χ0n) is 37.4. The van der Waals surface area contributed by atoms with E-state index in [1.807, 2.05) is 35.5 Å². The first-order chi connectivity index (χ1) is 31.0. The predicted octanol–water partition coefficient (Wildman–Crippen LogP) is 4.85. The number of hydrogen-bond acceptors (Lipinski definition) is 14. The van der Waals surface area contributed by atoms with Crippen molar-refractivity contribution in [2.75, 3.05) is 64.4 Å². The van der Waals surface area contributed by atoms with E-state index in [4.69, 9.17) is 19.0 Å². The number of amides is 2. The largest absolute Gasteiger partial charge is 0.385 e. The Morgan fingerprint density at radius 3 is 2.05 bits per heavy atom. The Morgan fingerprint density at radius 2 is 1.41 bits per heavy atom. The highest BCUT2D eigenvalue weighted by Crippen LogP contribution is 2.51. The van der Waals surface area contributed by atoms with E-state index in [1.165, 1.54) is 24.3 Å². The van der Waals surface area contributed by atoms with Crippen molar-refractivity contribution in [2.24, 2.45) is 0 Å². The molecule has 1 saturated heterocycles. The molecule has 66 heavy (non-hydrogen) atoms. The summed E-state index contributed by atoms with van der Waals surface area (Å²) >= 11 is 0. The average Bonchev–Trinajstić information content (AvgIpc) is 3.77. The monoisotopic (exact) mass is 980 g/mol. The summed E-state index contributed by atoms with van der Waals surface area (Å²) in [6, 6.07) is 8.63. The fourth-order valence-electron chi connectivity index (χ4n) is 8.59. The highest BCUT2D eigenvalue weighted by atomic mass is 32.2. The third kappa shape index (κ3) is 12.7. The van der Waals surface area contributed by atoms with Gasteiger partial charge in [0.1, 0.15) is 6.61 Å². The molecule has 5 rings (SSSR count). The molecule has 2 amide bonds. The molecule has 2 atom stereocenters. The van der Waals surface area contributed by atoms with E-state index < -0.39 is 64.7 Å². The molecular weight excluding hydrogens is 923 g/mol. The molecule has 3 N–H and O–H groups in total. The molecule has 3 aliphatic rings. The van der Waals surface area contributed by atoms with Crippen molar-refractivity contribution in [3.05, 3.63) is 83.6 Å². The molecule has 2 aromatic carbocycles. The van der Waals surface area contributed by atoms with Gasteiger partial charge in [-0.25, -0.2) is 4.79 Å². The number of fused-ring (bicyclic) bond motifs is 2. The molecule has 2 aromatic rings. The average molecular weight is 981 g/mol. The van der Waals surface area contributed by atoms with Gasteiger partial charge in [0.2, 0.25) is 5.69 Å². The SMILES string of the molecule is COCCOCC[N+]1=C(/C=C/C=C/C=C2/N(CCCCCC(=O)ON3C(=O)CCC3=O)c3ccc(S(=O)(=O)O)cc3C2(C)CCOC)C(C)(CCCS(=O)(=O)O)c2cc(S(=O)(=O)O)ccc21. The van der Waals surface area contributed by atoms with Gasteiger partial charge in [0, 0.05) is 81.1 Å². The van der Waals surface area contributed by atoms with E-state index in [-0.39, 0.29) is 48.5 Å². The molecule has 2 unspecified atom stereocenters. The summed E-state index contributed by atoms with van der Waals surface area (Å²) in [5.41, 5.74) is 2.08. The zero-order chi connectivity index (χ0) is 48.5. The fourth-order valence-corrected chi connectivity index (χ4v) is 10.1. The molecule has 0 aromatic heterocycles. The van der Waals surface area contributed by atoms with E-state index in [2.05, 4.69) is 0 Å². The summed E-state index contributed by atoms with van der Waals surface area (Å²) in [6.07, 6.45) is 11.1. The number of ether oxygens (including phenoxy) is 3. The van der Waals surface area contributed by atoms with Crippen LogP contribution in [0.3, 0.4) is 0 Å². The number of hydrogen-bond donors (Lipinski definition) is 3. The van der Waals surface area contributed by atoms with Crippen molar-refractivity contribution in [2.45, 2.75) is 92.3 Å². The normalized spacial score (nSPS) is 20.7. The molecule has 3 aliphatic heterocycles. The first kappa shape index (κ1) is 52.3. The number of carbonyl (C=O) groups excluding carboxylic acids is 3. The van der Waals surface area contributed by atoms with Gasteiger partial charge in [0.25, 0.3) is 42.2 Å². The van der Waals surface area contributed by atoms with E-state index in [9.17, 15) is 53.3 Å². The van der Waals surface area contributed by atoms with Crippen molar-refractivity contribution < 1.29 is 76.9 Å². The molecule has 0 bridgehead atoms. The van der Waals surface area contributed by atoms with Gasteiger partial charge < -0.3 is 23.9 Å². The maximum Gasteiger partial charge on any atom is 0.333 e. The number of imide groups is 1. The second-order valence-electron chi connectivity index (χ2n) is 16.6. The van der Waals surface area contributed by atoms with Gasteiger partial charge in [-0.2, -0.15) is 29.8 Å². The lowest BCUT2D eigenvalue weighted by atomic mass is 9.76. The second-order valence-corrected chi connectivity index (χ2v) is 21.0. The van der Waals surface area contributed by atoms with Gasteiger partial charge in [-0.3, -0.25) is 23.2 Å². The Kier molecular flexibility index (Phi) is 17.4. The number of methoxy groups -OCH3 is 2. The standard InChI is InChI=1S/C44H57N3O16S3/c1-43(21-11-29-64(51,52)53)34-30-32(65(54,55)56)16-18-37(34)46(24-26-62-28-27-61-4)38(43)12-7-5-8-13-39-44(2,22-25-60-3)35-31-33(66(57,58)59)15-17-36(35)45(39)23-10-6-9-14-42(50)63-47-40(48)19-20-41(47)49/h5,7-8,12-13,15-18,30-31H,6,9-11,14,19-29H2,1-4H3,(H2-,51,52,53,54,55,56,57,58,59)/p+1. The van der Waals surface area contributed by atoms with Crippen LogP contribution in [0.2, 0.25) is 0 Å². The van der Waals surface area contributed by atoms with Crippen molar-refractivity contribution >= 4 is 65.2 Å². The molecule has 19 nitrogen and oxygen atoms in total. The summed E-state index contributed by atoms with van der Waals surface area (Å²) in [6.45, 7) is 5.72. The minimum Gasteiger partial charge on any atom is -0.385 e. The van der Waals surface area contributed by atoms with Gasteiger partial charge in [-0.05, 0) is 87.9 Å². The first-order valence-electron chi connectivity index (χ1n) is 21.3. The van der Waals surface area contributed by atoms with Crippen molar-refractivity contribution in [3.63, 3.8) is 0 Å². The Hall–Kier alpha value is -4.65. The van der Waals surface area contributed by atoms with Crippen LogP contribution in [0, 0.1) is 0 Å². The van der Waals surface area contributed by atoms with Crippen molar-refractivity contribution in [1.82, 2.24) is 5.06 Å². The summed E-state index contributed by atoms with van der Waals surface area (Å²) < 4.78 is 121. The number of benzene rings is 2. The Bertz CT molecular complexity index is 2610. The van der Waals surface area contributed by atoms with Crippen molar-refractivity contribution in [3.8, 4) is 0 Å². The third-order valence-electron chi connectivity index (χ3n) is 12.0. The van der Waals surface area contributed by atoms with Crippen molar-refractivity contribution in [1.29, 1.82) is 0 Å². The smallest absolute Gasteiger partial charge is 0.333 e. The van der Waals surface area contributed by atoms with Gasteiger partial charge in [0.15, 0.2) is 12.3 Å². The lowest BCUT2D eigenvalue weighted by Crippen LogP contribution is -2.32. The van der Waals surface area contributed by atoms with Crippen LogP contribution in [-0.4, -0.2) is 132 Å². The summed E-state index contributed by atoms with van der Waals surface area (Å²) in [5.74, 6) is -2.37. The summed E-state index contributed by atoms with van der Waals surface area (Å²) in [5, 5.41) is 0.516. The zero-order valence-corrected chi connectivity index (χ0v) is 39.8. The first-order valence-corrected chi connectivity index (χ1v) is 25.8. The Morgan fingerprint density at radius 1 is 0.758 bits per heavy atom. The number of hydroxylamine groups is 2. The van der Waals surface area contributed by atoms with E-state index in [0.29, 0.717) is 91.9 Å². The van der Waals surface area contributed by atoms with E-state index in [0.717, 1.165) is 5.70 Å². The molecular formula is C44H58N3O16S3+. The number of anilines is 1. The van der Waals surface area contributed by atoms with Crippen LogP contribution in [0.25, 0.3) is 0 Å². The van der Waals surface area contributed by atoms with Crippen LogP contribution in [0.5, 0.6) is 0 Å². The number of nitrogens with zero attached hydrogens (tertiary/aromatic N) is 3. The van der Waals surface area contributed by atoms with Gasteiger partial charge >= 0.3 is 5.97 Å². The molecule has 1 fully saturated rings. The van der Waals surface area contributed by atoms with E-state index >= 15 is 0 Å². The maximum atomic E-state index is 12.4. The van der Waals surface area contributed by atoms with E-state index in [1.54, 1.807) is 44.6 Å². The fraction of sp³-hybridized carbons (Fsp3) is 0.500. The van der Waals surface area contributed by atoms with Crippen LogP contribution >= 0.6 is 0 Å². The molecule has 0 spiro atoms. The molecule has 22 heteroatoms. The number of allylic oxidation sites excluding steroid dienone is 6. The third-order valence-corrected chi connectivity index (χ3v) is 14.5. The number of rotatable bonds is 25. The van der Waals surface area contributed by atoms with Gasteiger partial charge in [-0.1, -0.05) is 24.6 Å². The van der Waals surface area contributed by atoms with Crippen LogP contribution in [-0.2, 0) is 74.6 Å². The number of carbonyl (C=O) groups is 3. The van der Waals surface area contributed by atoms with Gasteiger partial charge in [0.05, 0.1) is 34.2 Å². The topological polar surface area (TPSA) is 261 Å². The van der Waals surface area contributed by atoms with Crippen LogP contribution < -0.4 is 4.90 Å². The maximum absolute atomic E-state index is 12.4. The summed E-state index contributed by atoms with van der Waals surface area (Å²) in [4.78, 5) is 42.6. The Balaban J connectivity index is 1.48. The van der Waals surface area contributed by atoms with Crippen LogP contribution in [0.4, 0.5) is 11.4 Å². The lowest BCUT2D eigenvalue weighted by molar-refractivity contribution is -0.442. The Labute approximate surface area is 385 Å². The molecule has 0 saturated carbocycles. The lowest BCUT2D eigenvalue weighted by Gasteiger charge is -2.30. The van der Waals surface area contributed by atoms with Gasteiger partial charge in [-0.15, -0.1) is 5.06 Å². The molecule has 0 aliphatic carbocycles. The molecule has 3 heterocycles. The van der Waals surface area contributed by atoms with Crippen LogP contribution in [0.1, 0.15) is 82.8 Å². The minimum atomic E-state index is -4.62. The minimum absolute atomic E-state index is 0.0113. The predicted molar refractivity (Wildman–Crippen MR) is 241 cm³/mol. The number of unbranched alkanes of at least 4 members (excludes halogenated alkanes) is 2. The second kappa shape index (κ2) is 22.0. The van der Waals surface area contributed by atoms with Crippen LogP contribution in [0.15, 0.2) is 82.3 Å². The molecule has 0 radical (unpaired) electrons. The highest BCUT2D eigenvalue weighted by molar-refractivity contribution is 7.86. The molecule has 362 valence electrons. The highest BCUT2D eigenvalue weighted by Gasteiger charge is 2.48. The summed E-state index contributed by atoms with van der Waals surface area (Å²) in [7, 11) is -10.4.